The van der Waals surface area contributed by atoms with Crippen molar-refractivity contribution in [2.45, 2.75) is 13.3 Å². The van der Waals surface area contributed by atoms with E-state index in [1.165, 1.54) is 29.7 Å². The summed E-state index contributed by atoms with van der Waals surface area (Å²) in [5.74, 6) is -0.592. The molecule has 6 heteroatoms. The monoisotopic (exact) mass is 277 g/mol. The minimum absolute atomic E-state index is 0.185. The molecule has 0 spiro atoms. The van der Waals surface area contributed by atoms with E-state index in [0.29, 0.717) is 5.56 Å². The van der Waals surface area contributed by atoms with E-state index in [1.807, 2.05) is 12.3 Å². The fraction of sp³-hybridized carbons (Fsp3) is 0.154. The van der Waals surface area contributed by atoms with E-state index in [1.54, 1.807) is 12.1 Å². The molecule has 0 atom stereocenters. The van der Waals surface area contributed by atoms with Gasteiger partial charge in [0.15, 0.2) is 0 Å². The van der Waals surface area contributed by atoms with Crippen molar-refractivity contribution < 1.29 is 9.18 Å². The molecule has 0 bridgehead atoms. The molecule has 0 radical (unpaired) electrons. The van der Waals surface area contributed by atoms with E-state index < -0.39 is 0 Å². The van der Waals surface area contributed by atoms with Gasteiger partial charge >= 0.3 is 0 Å². The smallest absolute Gasteiger partial charge is 0.246 e. The summed E-state index contributed by atoms with van der Waals surface area (Å²) < 4.78 is 12.9. The van der Waals surface area contributed by atoms with Gasteiger partial charge in [0.05, 0.1) is 23.3 Å². The Balaban J connectivity index is 1.86. The third-order valence-corrected chi connectivity index (χ3v) is 3.08. The van der Waals surface area contributed by atoms with Crippen LogP contribution in [-0.2, 0) is 11.2 Å². The Kier molecular flexibility index (Phi) is 4.35. The van der Waals surface area contributed by atoms with Crippen LogP contribution in [0.15, 0.2) is 34.7 Å². The van der Waals surface area contributed by atoms with Crippen LogP contribution in [0.5, 0.6) is 0 Å². The summed E-state index contributed by atoms with van der Waals surface area (Å²) in [5, 5.41) is 6.53. The minimum atomic E-state index is -0.340. The number of nitrogens with zero attached hydrogens (tertiary/aromatic N) is 2. The first-order valence-electron chi connectivity index (χ1n) is 5.62. The number of thiazole rings is 1. The number of hydrogen-bond donors (Lipinski definition) is 1. The maximum absolute atomic E-state index is 12.9. The fourth-order valence-electron chi connectivity index (χ4n) is 1.46. The van der Waals surface area contributed by atoms with Crippen LogP contribution in [0.1, 0.15) is 16.3 Å². The molecule has 1 amide bonds. The molecule has 4 nitrogen and oxygen atoms in total. The van der Waals surface area contributed by atoms with Gasteiger partial charge in [-0.25, -0.2) is 14.8 Å². The quantitative estimate of drug-likeness (QED) is 0.688. The Bertz CT molecular complexity index is 609. The highest BCUT2D eigenvalue weighted by Gasteiger charge is 2.04. The molecule has 0 unspecified atom stereocenters. The lowest BCUT2D eigenvalue weighted by atomic mass is 10.2. The topological polar surface area (TPSA) is 54.4 Å². The van der Waals surface area contributed by atoms with E-state index in [9.17, 15) is 9.18 Å². The van der Waals surface area contributed by atoms with Gasteiger partial charge in [0, 0.05) is 5.38 Å². The summed E-state index contributed by atoms with van der Waals surface area (Å²) in [6.07, 6.45) is 1.58. The third-order valence-electron chi connectivity index (χ3n) is 2.26. The van der Waals surface area contributed by atoms with Crippen LogP contribution in [-0.4, -0.2) is 17.1 Å². The van der Waals surface area contributed by atoms with E-state index in [2.05, 4.69) is 15.5 Å². The largest absolute Gasteiger partial charge is 0.273 e. The zero-order valence-electron chi connectivity index (χ0n) is 10.3. The van der Waals surface area contributed by atoms with Crippen molar-refractivity contribution in [2.24, 2.45) is 5.10 Å². The van der Waals surface area contributed by atoms with Gasteiger partial charge in [-0.1, -0.05) is 12.1 Å². The number of carbonyl (C=O) groups excluding carboxylic acids is 1. The molecular formula is C13H12FN3OS. The zero-order chi connectivity index (χ0) is 13.7. The molecule has 0 aliphatic rings. The first kappa shape index (κ1) is 13.4. The zero-order valence-corrected chi connectivity index (χ0v) is 11.1. The van der Waals surface area contributed by atoms with E-state index in [0.717, 1.165) is 10.7 Å². The summed E-state index contributed by atoms with van der Waals surface area (Å²) in [6, 6.07) is 5.96. The highest BCUT2D eigenvalue weighted by atomic mass is 32.1. The number of hydrogen-bond acceptors (Lipinski definition) is 4. The Morgan fingerprint density at radius 2 is 2.42 bits per heavy atom. The Morgan fingerprint density at radius 3 is 3.11 bits per heavy atom. The lowest BCUT2D eigenvalue weighted by Crippen LogP contribution is -2.19. The summed E-state index contributed by atoms with van der Waals surface area (Å²) in [4.78, 5) is 15.7. The van der Waals surface area contributed by atoms with Crippen LogP contribution in [0.4, 0.5) is 4.39 Å². The van der Waals surface area contributed by atoms with Gasteiger partial charge < -0.3 is 0 Å². The maximum atomic E-state index is 12.9. The lowest BCUT2D eigenvalue weighted by molar-refractivity contribution is -0.120. The Hall–Kier alpha value is -2.08. The molecule has 0 saturated carbocycles. The molecule has 2 rings (SSSR count). The van der Waals surface area contributed by atoms with Gasteiger partial charge in [-0.2, -0.15) is 5.10 Å². The van der Waals surface area contributed by atoms with Crippen molar-refractivity contribution in [3.8, 4) is 0 Å². The third kappa shape index (κ3) is 4.26. The predicted molar refractivity (Wildman–Crippen MR) is 72.7 cm³/mol. The van der Waals surface area contributed by atoms with Crippen LogP contribution in [0.25, 0.3) is 0 Å². The molecule has 1 aromatic heterocycles. The van der Waals surface area contributed by atoms with Crippen LogP contribution in [0.3, 0.4) is 0 Å². The average molecular weight is 277 g/mol. The standard InChI is InChI=1S/C13H12FN3OS/c1-9-16-12(8-19-9)6-13(18)17-15-7-10-3-2-4-11(14)5-10/h2-5,7-8H,6H2,1H3,(H,17,18). The first-order valence-corrected chi connectivity index (χ1v) is 6.50. The number of aromatic nitrogens is 1. The van der Waals surface area contributed by atoms with Crippen molar-refractivity contribution in [2.75, 3.05) is 0 Å². The Morgan fingerprint density at radius 1 is 1.58 bits per heavy atom. The van der Waals surface area contributed by atoms with Crippen molar-refractivity contribution >= 4 is 23.5 Å². The molecule has 0 fully saturated rings. The number of rotatable bonds is 4. The SMILES string of the molecule is Cc1nc(CC(=O)NN=Cc2cccc(F)c2)cs1. The van der Waals surface area contributed by atoms with Gasteiger partial charge in [-0.15, -0.1) is 11.3 Å². The summed E-state index contributed by atoms with van der Waals surface area (Å²) in [7, 11) is 0. The summed E-state index contributed by atoms with van der Waals surface area (Å²) in [6.45, 7) is 1.88. The number of hydrazone groups is 1. The minimum Gasteiger partial charge on any atom is -0.273 e. The lowest BCUT2D eigenvalue weighted by Gasteiger charge is -1.97. The van der Waals surface area contributed by atoms with Crippen molar-refractivity contribution in [1.29, 1.82) is 0 Å². The molecule has 0 aliphatic heterocycles. The number of aryl methyl sites for hydroxylation is 1. The predicted octanol–water partition coefficient (Wildman–Crippen LogP) is 2.28. The van der Waals surface area contributed by atoms with Gasteiger partial charge in [-0.05, 0) is 24.6 Å². The molecular weight excluding hydrogens is 265 g/mol. The van der Waals surface area contributed by atoms with Crippen molar-refractivity contribution in [1.82, 2.24) is 10.4 Å². The Labute approximate surface area is 114 Å². The first-order chi connectivity index (χ1) is 9.13. The molecule has 98 valence electrons. The molecule has 1 N–H and O–H groups in total. The average Bonchev–Trinajstić information content (AvgIpc) is 2.75. The van der Waals surface area contributed by atoms with E-state index >= 15 is 0 Å². The highest BCUT2D eigenvalue weighted by molar-refractivity contribution is 7.09. The highest BCUT2D eigenvalue weighted by Crippen LogP contribution is 2.08. The molecule has 0 aliphatic carbocycles. The van der Waals surface area contributed by atoms with Crippen LogP contribution in [0.2, 0.25) is 0 Å². The van der Waals surface area contributed by atoms with E-state index in [-0.39, 0.29) is 18.1 Å². The number of halogens is 1. The second-order valence-corrected chi connectivity index (χ2v) is 4.95. The van der Waals surface area contributed by atoms with Gasteiger partial charge in [0.25, 0.3) is 0 Å². The molecule has 2 aromatic rings. The van der Waals surface area contributed by atoms with Gasteiger partial charge in [-0.3, -0.25) is 4.79 Å². The number of amides is 1. The normalized spacial score (nSPS) is 10.8. The molecule has 1 aromatic carbocycles. The van der Waals surface area contributed by atoms with Crippen molar-refractivity contribution in [3.05, 3.63) is 51.7 Å². The summed E-state index contributed by atoms with van der Waals surface area (Å²) >= 11 is 1.50. The molecule has 0 saturated heterocycles. The van der Waals surface area contributed by atoms with Crippen molar-refractivity contribution in [3.63, 3.8) is 0 Å². The van der Waals surface area contributed by atoms with Crippen LogP contribution in [0, 0.1) is 12.7 Å². The van der Waals surface area contributed by atoms with Crippen LogP contribution >= 0.6 is 11.3 Å². The van der Waals surface area contributed by atoms with Gasteiger partial charge in [0.2, 0.25) is 5.91 Å². The van der Waals surface area contributed by atoms with Gasteiger partial charge in [0.1, 0.15) is 5.82 Å². The second kappa shape index (κ2) is 6.19. The fourth-order valence-corrected chi connectivity index (χ4v) is 2.07. The number of nitrogens with one attached hydrogen (secondary N) is 1. The number of benzene rings is 1. The van der Waals surface area contributed by atoms with Crippen LogP contribution < -0.4 is 5.43 Å². The maximum Gasteiger partial charge on any atom is 0.246 e. The molecule has 1 heterocycles. The second-order valence-electron chi connectivity index (χ2n) is 3.88. The summed E-state index contributed by atoms with van der Waals surface area (Å²) in [5.41, 5.74) is 3.69. The van der Waals surface area contributed by atoms with E-state index in [4.69, 9.17) is 0 Å². The molecule has 19 heavy (non-hydrogen) atoms. The number of carbonyl (C=O) groups is 1.